The Morgan fingerprint density at radius 3 is 2.56 bits per heavy atom. The standard InChI is InChI=1S/C7H12O.Na.H/c1-3-4-7(2)5-6-8;;/h3,6-7H,1,4-5H2,2H3;;/q;+1;-1. The van der Waals surface area contributed by atoms with Crippen molar-refractivity contribution in [1.82, 2.24) is 0 Å². The van der Waals surface area contributed by atoms with Crippen molar-refractivity contribution in [2.45, 2.75) is 19.8 Å². The number of hydrogen-bond acceptors (Lipinski definition) is 1. The Bertz CT molecular complexity index is 75.7. The molecule has 0 bridgehead atoms. The van der Waals surface area contributed by atoms with Crippen LogP contribution in [-0.2, 0) is 4.79 Å². The van der Waals surface area contributed by atoms with Crippen molar-refractivity contribution >= 4 is 6.29 Å². The maximum absolute atomic E-state index is 9.86. The van der Waals surface area contributed by atoms with Crippen LogP contribution in [0.5, 0.6) is 0 Å². The summed E-state index contributed by atoms with van der Waals surface area (Å²) in [6.45, 7) is 5.60. The first kappa shape index (κ1) is 12.1. The summed E-state index contributed by atoms with van der Waals surface area (Å²) in [5.74, 6) is 0.477. The average molecular weight is 136 g/mol. The molecule has 0 aliphatic heterocycles. The van der Waals surface area contributed by atoms with E-state index < -0.39 is 0 Å². The molecule has 0 amide bonds. The first-order chi connectivity index (χ1) is 3.81. The van der Waals surface area contributed by atoms with Crippen molar-refractivity contribution < 1.29 is 35.8 Å². The molecule has 1 unspecified atom stereocenters. The number of rotatable bonds is 4. The second-order valence-corrected chi connectivity index (χ2v) is 2.03. The minimum Gasteiger partial charge on any atom is -1.00 e. The Labute approximate surface area is 80.3 Å². The van der Waals surface area contributed by atoms with E-state index in [4.69, 9.17) is 0 Å². The molecule has 2 heteroatoms. The zero-order valence-corrected chi connectivity index (χ0v) is 8.26. The molecule has 0 fully saturated rings. The molecule has 0 spiro atoms. The molecule has 1 nitrogen and oxygen atoms in total. The molecule has 0 aliphatic rings. The minimum absolute atomic E-state index is 0. The Morgan fingerprint density at radius 1 is 1.67 bits per heavy atom. The van der Waals surface area contributed by atoms with Crippen LogP contribution < -0.4 is 29.6 Å². The van der Waals surface area contributed by atoms with Gasteiger partial charge in [0.1, 0.15) is 6.29 Å². The van der Waals surface area contributed by atoms with Crippen LogP contribution in [0.3, 0.4) is 0 Å². The van der Waals surface area contributed by atoms with Gasteiger partial charge in [-0.25, -0.2) is 0 Å². The van der Waals surface area contributed by atoms with Gasteiger partial charge < -0.3 is 6.22 Å². The van der Waals surface area contributed by atoms with Gasteiger partial charge in [0.2, 0.25) is 0 Å². The van der Waals surface area contributed by atoms with Crippen molar-refractivity contribution in [2.75, 3.05) is 0 Å². The van der Waals surface area contributed by atoms with Gasteiger partial charge in [0.25, 0.3) is 0 Å². The molecule has 0 aliphatic carbocycles. The van der Waals surface area contributed by atoms with Gasteiger partial charge in [-0.15, -0.1) is 6.58 Å². The third-order valence-electron chi connectivity index (χ3n) is 1.07. The number of carbonyl (C=O) groups excluding carboxylic acids is 1. The molecule has 0 aromatic carbocycles. The van der Waals surface area contributed by atoms with Gasteiger partial charge in [0.05, 0.1) is 0 Å². The van der Waals surface area contributed by atoms with Crippen molar-refractivity contribution in [1.29, 1.82) is 0 Å². The van der Waals surface area contributed by atoms with Crippen LogP contribution in [0, 0.1) is 5.92 Å². The van der Waals surface area contributed by atoms with Gasteiger partial charge in [-0.1, -0.05) is 13.0 Å². The molecule has 0 rings (SSSR count). The predicted molar refractivity (Wildman–Crippen MR) is 35.8 cm³/mol. The third-order valence-corrected chi connectivity index (χ3v) is 1.07. The van der Waals surface area contributed by atoms with Gasteiger partial charge in [-0.2, -0.15) is 0 Å². The molecule has 9 heavy (non-hydrogen) atoms. The Balaban J connectivity index is -0.000000245. The van der Waals surface area contributed by atoms with E-state index in [1.165, 1.54) is 0 Å². The van der Waals surface area contributed by atoms with Crippen molar-refractivity contribution in [3.05, 3.63) is 12.7 Å². The van der Waals surface area contributed by atoms with E-state index in [9.17, 15) is 4.79 Å². The van der Waals surface area contributed by atoms with Crippen LogP contribution in [0.1, 0.15) is 21.2 Å². The summed E-state index contributed by atoms with van der Waals surface area (Å²) >= 11 is 0. The molecule has 0 radical (unpaired) electrons. The zero-order chi connectivity index (χ0) is 6.41. The van der Waals surface area contributed by atoms with E-state index in [0.717, 1.165) is 12.7 Å². The fraction of sp³-hybridized carbons (Fsp3) is 0.571. The molecular weight excluding hydrogens is 123 g/mol. The predicted octanol–water partition coefficient (Wildman–Crippen LogP) is -1.10. The summed E-state index contributed by atoms with van der Waals surface area (Å²) in [6, 6.07) is 0. The Kier molecular flexibility index (Phi) is 11.3. The van der Waals surface area contributed by atoms with E-state index in [2.05, 4.69) is 6.58 Å². The van der Waals surface area contributed by atoms with Gasteiger partial charge >= 0.3 is 29.6 Å². The molecule has 48 valence electrons. The van der Waals surface area contributed by atoms with Gasteiger partial charge in [-0.05, 0) is 12.3 Å². The minimum atomic E-state index is 0. The molecule has 0 saturated heterocycles. The van der Waals surface area contributed by atoms with E-state index >= 15 is 0 Å². The number of carbonyl (C=O) groups is 1. The number of hydrogen-bond donors (Lipinski definition) is 0. The van der Waals surface area contributed by atoms with Gasteiger partial charge in [0, 0.05) is 6.42 Å². The largest absolute Gasteiger partial charge is 1.00 e. The Morgan fingerprint density at radius 2 is 2.22 bits per heavy atom. The van der Waals surface area contributed by atoms with Gasteiger partial charge in [-0.3, -0.25) is 0 Å². The molecular formula is C7H13NaO. The monoisotopic (exact) mass is 136 g/mol. The van der Waals surface area contributed by atoms with Crippen LogP contribution in [-0.4, -0.2) is 6.29 Å². The molecule has 1 atom stereocenters. The van der Waals surface area contributed by atoms with E-state index in [-0.39, 0.29) is 31.0 Å². The maximum Gasteiger partial charge on any atom is 1.00 e. The summed E-state index contributed by atoms with van der Waals surface area (Å²) in [5, 5.41) is 0. The topological polar surface area (TPSA) is 17.1 Å². The fourth-order valence-electron chi connectivity index (χ4n) is 0.545. The summed E-state index contributed by atoms with van der Waals surface area (Å²) in [4.78, 5) is 9.86. The normalized spacial score (nSPS) is 11.2. The molecule has 0 saturated carbocycles. The fourth-order valence-corrected chi connectivity index (χ4v) is 0.545. The summed E-state index contributed by atoms with van der Waals surface area (Å²) in [6.07, 6.45) is 4.40. The second-order valence-electron chi connectivity index (χ2n) is 2.03. The molecule has 0 heterocycles. The summed E-state index contributed by atoms with van der Waals surface area (Å²) in [5.41, 5.74) is 0. The quantitative estimate of drug-likeness (QED) is 0.272. The van der Waals surface area contributed by atoms with Gasteiger partial charge in [0.15, 0.2) is 0 Å². The van der Waals surface area contributed by atoms with Crippen LogP contribution in [0.15, 0.2) is 12.7 Å². The summed E-state index contributed by atoms with van der Waals surface area (Å²) < 4.78 is 0. The second kappa shape index (κ2) is 8.41. The third kappa shape index (κ3) is 8.41. The summed E-state index contributed by atoms with van der Waals surface area (Å²) in [7, 11) is 0. The first-order valence-corrected chi connectivity index (χ1v) is 2.85. The molecule has 0 aromatic rings. The van der Waals surface area contributed by atoms with E-state index in [0.29, 0.717) is 12.3 Å². The maximum atomic E-state index is 9.86. The van der Waals surface area contributed by atoms with Crippen molar-refractivity contribution in [3.63, 3.8) is 0 Å². The van der Waals surface area contributed by atoms with Crippen LogP contribution in [0.25, 0.3) is 0 Å². The zero-order valence-electron chi connectivity index (χ0n) is 7.26. The molecule has 0 aromatic heterocycles. The van der Waals surface area contributed by atoms with Crippen LogP contribution in [0.4, 0.5) is 0 Å². The SMILES string of the molecule is C=CCC(C)CC=O.[H-].[Na+]. The Hall–Kier alpha value is 0.410. The number of allylic oxidation sites excluding steroid dienone is 1. The molecule has 0 N–H and O–H groups in total. The first-order valence-electron chi connectivity index (χ1n) is 2.85. The van der Waals surface area contributed by atoms with E-state index in [1.807, 2.05) is 13.0 Å². The van der Waals surface area contributed by atoms with Crippen LogP contribution >= 0.6 is 0 Å². The number of aldehydes is 1. The van der Waals surface area contributed by atoms with Crippen molar-refractivity contribution in [3.8, 4) is 0 Å². The van der Waals surface area contributed by atoms with E-state index in [1.54, 1.807) is 0 Å². The smallest absolute Gasteiger partial charge is 1.00 e. The van der Waals surface area contributed by atoms with Crippen molar-refractivity contribution in [2.24, 2.45) is 5.92 Å². The average Bonchev–Trinajstić information content (AvgIpc) is 1.68. The van der Waals surface area contributed by atoms with Crippen LogP contribution in [0.2, 0.25) is 0 Å².